The predicted octanol–water partition coefficient (Wildman–Crippen LogP) is 14.6. The summed E-state index contributed by atoms with van der Waals surface area (Å²) >= 11 is 1.87. The topological polar surface area (TPSA) is 16.4 Å². The molecule has 246 valence electrons. The molecule has 0 fully saturated rings. The zero-order valence-electron chi connectivity index (χ0n) is 28.9. The maximum absolute atomic E-state index is 6.27. The van der Waals surface area contributed by atoms with Crippen LogP contribution in [-0.2, 0) is 5.41 Å². The molecule has 0 spiro atoms. The summed E-state index contributed by atoms with van der Waals surface area (Å²) in [5.41, 5.74) is 12.9. The standard InChI is InChI=1S/C49H33NOS/c1-49(2)40-16-6-3-12-37(40)48-41(49)17-10-18-42(48)50(32-25-27-44-39(29-32)35-11-4-7-19-43(35)51-44)31-23-21-30(22-24-31)33-14-9-15-36-34(33)26-28-46-47(36)38-13-5-8-20-45(38)52-46/h3-29H,1-2H3. The molecule has 0 amide bonds. The highest BCUT2D eigenvalue weighted by Crippen LogP contribution is 2.54. The van der Waals surface area contributed by atoms with Gasteiger partial charge in [0.05, 0.1) is 5.69 Å². The number of rotatable bonds is 4. The quantitative estimate of drug-likeness (QED) is 0.184. The van der Waals surface area contributed by atoms with Crippen molar-refractivity contribution in [1.82, 2.24) is 0 Å². The molecule has 0 N–H and O–H groups in total. The van der Waals surface area contributed by atoms with Crippen LogP contribution in [0.2, 0.25) is 0 Å². The van der Waals surface area contributed by atoms with Crippen LogP contribution < -0.4 is 4.90 Å². The minimum atomic E-state index is -0.101. The van der Waals surface area contributed by atoms with Gasteiger partial charge in [-0.15, -0.1) is 11.3 Å². The number of para-hydroxylation sites is 1. The third kappa shape index (κ3) is 4.17. The van der Waals surface area contributed by atoms with Crippen molar-refractivity contribution < 1.29 is 4.42 Å². The molecule has 0 saturated heterocycles. The third-order valence-electron chi connectivity index (χ3n) is 11.3. The van der Waals surface area contributed by atoms with Gasteiger partial charge in [0.25, 0.3) is 0 Å². The molecular weight excluding hydrogens is 651 g/mol. The molecule has 0 radical (unpaired) electrons. The van der Waals surface area contributed by atoms with E-state index in [1.165, 1.54) is 70.0 Å². The Balaban J connectivity index is 1.11. The van der Waals surface area contributed by atoms with Crippen LogP contribution in [0.15, 0.2) is 168 Å². The number of furan rings is 1. The van der Waals surface area contributed by atoms with E-state index in [2.05, 4.69) is 170 Å². The minimum Gasteiger partial charge on any atom is -0.456 e. The molecule has 10 aromatic rings. The van der Waals surface area contributed by atoms with Crippen molar-refractivity contribution in [2.24, 2.45) is 0 Å². The summed E-state index contributed by atoms with van der Waals surface area (Å²) in [5.74, 6) is 0. The molecule has 0 saturated carbocycles. The Kier molecular flexibility index (Phi) is 6.21. The van der Waals surface area contributed by atoms with Gasteiger partial charge in [0, 0.05) is 53.3 Å². The van der Waals surface area contributed by atoms with E-state index in [1.54, 1.807) is 0 Å². The first-order valence-electron chi connectivity index (χ1n) is 17.9. The van der Waals surface area contributed by atoms with Crippen molar-refractivity contribution in [3.8, 4) is 22.3 Å². The first kappa shape index (κ1) is 29.6. The SMILES string of the molecule is CC1(C)c2ccccc2-c2c(N(c3ccc(-c4cccc5c4ccc4sc6ccccc6c45)cc3)c3ccc4oc5ccccc5c4c3)cccc21. The van der Waals surface area contributed by atoms with Crippen LogP contribution in [0.4, 0.5) is 17.1 Å². The smallest absolute Gasteiger partial charge is 0.135 e. The van der Waals surface area contributed by atoms with Crippen LogP contribution in [-0.4, -0.2) is 0 Å². The molecule has 0 unspecified atom stereocenters. The lowest BCUT2D eigenvalue weighted by Gasteiger charge is -2.29. The lowest BCUT2D eigenvalue weighted by molar-refractivity contribution is 0.660. The van der Waals surface area contributed by atoms with E-state index < -0.39 is 0 Å². The molecule has 8 aromatic carbocycles. The van der Waals surface area contributed by atoms with E-state index in [0.717, 1.165) is 33.3 Å². The summed E-state index contributed by atoms with van der Waals surface area (Å²) in [6.07, 6.45) is 0. The van der Waals surface area contributed by atoms with Crippen LogP contribution in [0.25, 0.3) is 75.1 Å². The number of hydrogen-bond donors (Lipinski definition) is 0. The van der Waals surface area contributed by atoms with Crippen molar-refractivity contribution in [2.45, 2.75) is 19.3 Å². The molecule has 3 heteroatoms. The van der Waals surface area contributed by atoms with Crippen molar-refractivity contribution in [3.63, 3.8) is 0 Å². The molecule has 11 rings (SSSR count). The Hall–Kier alpha value is -6.16. The maximum atomic E-state index is 6.27. The normalized spacial score (nSPS) is 13.3. The average Bonchev–Trinajstić information content (AvgIpc) is 3.83. The Morgan fingerprint density at radius 1 is 0.481 bits per heavy atom. The number of nitrogens with zero attached hydrogens (tertiary/aromatic N) is 1. The van der Waals surface area contributed by atoms with Crippen LogP contribution in [0.5, 0.6) is 0 Å². The van der Waals surface area contributed by atoms with E-state index in [0.29, 0.717) is 0 Å². The van der Waals surface area contributed by atoms with E-state index in [1.807, 2.05) is 23.5 Å². The van der Waals surface area contributed by atoms with Gasteiger partial charge < -0.3 is 9.32 Å². The molecule has 2 heterocycles. The monoisotopic (exact) mass is 683 g/mol. The zero-order chi connectivity index (χ0) is 34.6. The van der Waals surface area contributed by atoms with E-state index in [-0.39, 0.29) is 5.41 Å². The molecule has 0 atom stereocenters. The summed E-state index contributed by atoms with van der Waals surface area (Å²) in [4.78, 5) is 2.44. The first-order valence-corrected chi connectivity index (χ1v) is 18.7. The van der Waals surface area contributed by atoms with E-state index in [4.69, 9.17) is 4.42 Å². The van der Waals surface area contributed by atoms with Crippen LogP contribution in [0.3, 0.4) is 0 Å². The fraction of sp³-hybridized carbons (Fsp3) is 0.0612. The summed E-state index contributed by atoms with van der Waals surface area (Å²) in [7, 11) is 0. The van der Waals surface area contributed by atoms with Gasteiger partial charge in [-0.3, -0.25) is 0 Å². The number of fused-ring (bicyclic) bond motifs is 11. The molecule has 1 aliphatic rings. The number of anilines is 3. The molecular formula is C49H33NOS. The van der Waals surface area contributed by atoms with Gasteiger partial charge in [-0.05, 0) is 93.2 Å². The van der Waals surface area contributed by atoms with E-state index >= 15 is 0 Å². The highest BCUT2D eigenvalue weighted by molar-refractivity contribution is 7.26. The van der Waals surface area contributed by atoms with Crippen molar-refractivity contribution in [1.29, 1.82) is 0 Å². The largest absolute Gasteiger partial charge is 0.456 e. The van der Waals surface area contributed by atoms with Crippen molar-refractivity contribution in [3.05, 3.63) is 175 Å². The summed E-state index contributed by atoms with van der Waals surface area (Å²) in [5, 5.41) is 7.51. The number of thiophene rings is 1. The van der Waals surface area contributed by atoms with Gasteiger partial charge in [-0.25, -0.2) is 0 Å². The summed E-state index contributed by atoms with van der Waals surface area (Å²) < 4.78 is 8.94. The second-order valence-corrected chi connectivity index (χ2v) is 15.6. The van der Waals surface area contributed by atoms with Crippen LogP contribution >= 0.6 is 11.3 Å². The van der Waals surface area contributed by atoms with Gasteiger partial charge in [0.1, 0.15) is 11.2 Å². The lowest BCUT2D eigenvalue weighted by atomic mass is 9.82. The second-order valence-electron chi connectivity index (χ2n) is 14.5. The van der Waals surface area contributed by atoms with Gasteiger partial charge in [0.15, 0.2) is 0 Å². The van der Waals surface area contributed by atoms with Crippen LogP contribution in [0, 0.1) is 0 Å². The second kappa shape index (κ2) is 10.9. The number of benzene rings is 8. The molecule has 0 bridgehead atoms. The molecule has 1 aliphatic carbocycles. The van der Waals surface area contributed by atoms with Gasteiger partial charge >= 0.3 is 0 Å². The third-order valence-corrected chi connectivity index (χ3v) is 12.4. The Labute approximate surface area is 305 Å². The highest BCUT2D eigenvalue weighted by Gasteiger charge is 2.37. The fourth-order valence-electron chi connectivity index (χ4n) is 8.83. The molecule has 52 heavy (non-hydrogen) atoms. The van der Waals surface area contributed by atoms with Gasteiger partial charge in [-0.1, -0.05) is 123 Å². The molecule has 0 aliphatic heterocycles. The van der Waals surface area contributed by atoms with Crippen molar-refractivity contribution in [2.75, 3.05) is 4.90 Å². The molecule has 2 aromatic heterocycles. The zero-order valence-corrected chi connectivity index (χ0v) is 29.7. The fourth-order valence-corrected chi connectivity index (χ4v) is 9.95. The first-order chi connectivity index (χ1) is 25.5. The van der Waals surface area contributed by atoms with E-state index in [9.17, 15) is 0 Å². The van der Waals surface area contributed by atoms with Gasteiger partial charge in [-0.2, -0.15) is 0 Å². The Morgan fingerprint density at radius 3 is 2.08 bits per heavy atom. The average molecular weight is 684 g/mol. The highest BCUT2D eigenvalue weighted by atomic mass is 32.1. The van der Waals surface area contributed by atoms with Crippen LogP contribution in [0.1, 0.15) is 25.0 Å². The summed E-state index contributed by atoms with van der Waals surface area (Å²) in [6.45, 7) is 4.70. The maximum Gasteiger partial charge on any atom is 0.135 e. The predicted molar refractivity (Wildman–Crippen MR) is 222 cm³/mol. The lowest BCUT2D eigenvalue weighted by Crippen LogP contribution is -2.16. The molecule has 2 nitrogen and oxygen atoms in total. The van der Waals surface area contributed by atoms with Crippen molar-refractivity contribution >= 4 is 81.3 Å². The number of hydrogen-bond acceptors (Lipinski definition) is 3. The summed E-state index contributed by atoms with van der Waals surface area (Å²) in [6, 6.07) is 59.9. The Bertz CT molecular complexity index is 3050. The Morgan fingerprint density at radius 2 is 1.17 bits per heavy atom. The van der Waals surface area contributed by atoms with Gasteiger partial charge in [0.2, 0.25) is 0 Å². The minimum absolute atomic E-state index is 0.101.